The SMILES string of the molecule is C[C@@H]1CN([C@@H](C)CO)C(=O)c2cc(NC(=O)CCC(F)(F)F)ccc2O[C@H]1CN(C)Cc1ccc(Cl)c(Cl)c1. The zero-order valence-electron chi connectivity index (χ0n) is 21.9. The van der Waals surface area contributed by atoms with Crippen molar-refractivity contribution in [2.75, 3.05) is 32.1 Å². The van der Waals surface area contributed by atoms with E-state index in [1.165, 1.54) is 18.2 Å². The van der Waals surface area contributed by atoms with Crippen LogP contribution in [0.1, 0.15) is 42.6 Å². The third-order valence-electron chi connectivity index (χ3n) is 6.51. The minimum Gasteiger partial charge on any atom is -0.488 e. The van der Waals surface area contributed by atoms with Gasteiger partial charge in [0.15, 0.2) is 0 Å². The molecule has 1 heterocycles. The number of benzene rings is 2. The number of aliphatic hydroxyl groups is 1. The summed E-state index contributed by atoms with van der Waals surface area (Å²) < 4.78 is 43.8. The Balaban J connectivity index is 1.84. The molecule has 0 bridgehead atoms. The van der Waals surface area contributed by atoms with Crippen LogP contribution in [0.25, 0.3) is 0 Å². The molecule has 12 heteroatoms. The number of amides is 2. The molecule has 2 aromatic rings. The maximum Gasteiger partial charge on any atom is 0.389 e. The number of hydrogen-bond donors (Lipinski definition) is 2. The van der Waals surface area contributed by atoms with Gasteiger partial charge in [0.25, 0.3) is 5.91 Å². The number of hydrogen-bond acceptors (Lipinski definition) is 5. The van der Waals surface area contributed by atoms with E-state index in [-0.39, 0.29) is 35.6 Å². The van der Waals surface area contributed by atoms with E-state index in [4.69, 9.17) is 27.9 Å². The summed E-state index contributed by atoms with van der Waals surface area (Å²) in [4.78, 5) is 29.2. The molecule has 7 nitrogen and oxygen atoms in total. The molecule has 0 saturated carbocycles. The van der Waals surface area contributed by atoms with E-state index in [2.05, 4.69) is 10.2 Å². The van der Waals surface area contributed by atoms with Crippen LogP contribution in [0.15, 0.2) is 36.4 Å². The molecule has 1 aliphatic heterocycles. The highest BCUT2D eigenvalue weighted by Gasteiger charge is 2.34. The zero-order chi connectivity index (χ0) is 28.9. The van der Waals surface area contributed by atoms with Crippen LogP contribution in [0.3, 0.4) is 0 Å². The molecule has 1 aliphatic rings. The molecule has 3 atom stereocenters. The Kier molecular flexibility index (Phi) is 10.5. The number of rotatable bonds is 9. The molecule has 0 aliphatic carbocycles. The smallest absolute Gasteiger partial charge is 0.389 e. The molecule has 0 aromatic heterocycles. The van der Waals surface area contributed by atoms with E-state index in [0.717, 1.165) is 5.56 Å². The molecule has 0 radical (unpaired) electrons. The van der Waals surface area contributed by atoms with Crippen LogP contribution >= 0.6 is 23.2 Å². The summed E-state index contributed by atoms with van der Waals surface area (Å²) >= 11 is 12.2. The fraction of sp³-hybridized carbons (Fsp3) is 0.481. The van der Waals surface area contributed by atoms with E-state index in [1.54, 1.807) is 24.0 Å². The van der Waals surface area contributed by atoms with Crippen molar-refractivity contribution >= 4 is 40.7 Å². The van der Waals surface area contributed by atoms with Crippen molar-refractivity contribution in [1.29, 1.82) is 0 Å². The lowest BCUT2D eigenvalue weighted by molar-refractivity contribution is -0.142. The summed E-state index contributed by atoms with van der Waals surface area (Å²) in [5.74, 6) is -1.06. The fourth-order valence-corrected chi connectivity index (χ4v) is 4.64. The second-order valence-corrected chi connectivity index (χ2v) is 10.8. The molecule has 0 unspecified atom stereocenters. The Hall–Kier alpha value is -2.53. The van der Waals surface area contributed by atoms with Crippen LogP contribution in [-0.2, 0) is 11.3 Å². The van der Waals surface area contributed by atoms with Gasteiger partial charge in [-0.2, -0.15) is 13.2 Å². The van der Waals surface area contributed by atoms with Crippen molar-refractivity contribution in [2.45, 2.75) is 51.6 Å². The fourth-order valence-electron chi connectivity index (χ4n) is 4.32. The summed E-state index contributed by atoms with van der Waals surface area (Å²) in [5, 5.41) is 13.2. The summed E-state index contributed by atoms with van der Waals surface area (Å²) in [7, 11) is 1.93. The predicted molar refractivity (Wildman–Crippen MR) is 144 cm³/mol. The Morgan fingerprint density at radius 3 is 2.59 bits per heavy atom. The number of nitrogens with zero attached hydrogens (tertiary/aromatic N) is 2. The summed E-state index contributed by atoms with van der Waals surface area (Å²) in [6.45, 7) is 4.78. The maximum atomic E-state index is 13.5. The first-order valence-corrected chi connectivity index (χ1v) is 13.2. The second-order valence-electron chi connectivity index (χ2n) is 9.94. The average Bonchev–Trinajstić information content (AvgIpc) is 2.86. The molecule has 2 N–H and O–H groups in total. The van der Waals surface area contributed by atoms with Crippen LogP contribution in [-0.4, -0.2) is 71.8 Å². The van der Waals surface area contributed by atoms with E-state index < -0.39 is 36.9 Å². The normalized spacial score (nSPS) is 18.7. The van der Waals surface area contributed by atoms with E-state index in [0.29, 0.717) is 29.7 Å². The number of anilines is 1. The van der Waals surface area contributed by atoms with Gasteiger partial charge in [-0.15, -0.1) is 0 Å². The van der Waals surface area contributed by atoms with Gasteiger partial charge in [0.2, 0.25) is 5.91 Å². The number of aliphatic hydroxyl groups excluding tert-OH is 1. The van der Waals surface area contributed by atoms with E-state index in [1.807, 2.05) is 20.0 Å². The first-order valence-electron chi connectivity index (χ1n) is 12.5. The number of nitrogens with one attached hydrogen (secondary N) is 1. The number of halogens is 5. The summed E-state index contributed by atoms with van der Waals surface area (Å²) in [5.41, 5.74) is 1.28. The molecule has 2 amide bonds. The Bertz CT molecular complexity index is 1180. The molecule has 0 fully saturated rings. The third-order valence-corrected chi connectivity index (χ3v) is 7.25. The molecule has 214 valence electrons. The number of ether oxygens (including phenoxy) is 1. The Morgan fingerprint density at radius 1 is 1.23 bits per heavy atom. The third kappa shape index (κ3) is 8.73. The van der Waals surface area contributed by atoms with Gasteiger partial charge in [0.05, 0.1) is 34.7 Å². The van der Waals surface area contributed by atoms with Gasteiger partial charge in [-0.25, -0.2) is 0 Å². The van der Waals surface area contributed by atoms with Gasteiger partial charge < -0.3 is 20.1 Å². The lowest BCUT2D eigenvalue weighted by atomic mass is 9.99. The van der Waals surface area contributed by atoms with Crippen molar-refractivity contribution in [2.24, 2.45) is 5.92 Å². The van der Waals surface area contributed by atoms with Gasteiger partial charge in [-0.1, -0.05) is 36.2 Å². The first-order chi connectivity index (χ1) is 18.3. The largest absolute Gasteiger partial charge is 0.488 e. The van der Waals surface area contributed by atoms with Crippen molar-refractivity contribution in [1.82, 2.24) is 9.80 Å². The highest BCUT2D eigenvalue weighted by molar-refractivity contribution is 6.42. The number of carbonyl (C=O) groups is 2. The monoisotopic (exact) mass is 589 g/mol. The standard InChI is InChI=1S/C27H32Cl2F3N3O4/c1-16-12-35(17(2)15-36)26(38)20-11-19(33-25(37)8-9-27(30,31)32)5-7-23(20)39-24(16)14-34(3)13-18-4-6-21(28)22(29)10-18/h4-7,10-11,16-17,24,36H,8-9,12-15H2,1-3H3,(H,33,37)/t16-,17+,24+/m1/s1. The average molecular weight is 590 g/mol. The summed E-state index contributed by atoms with van der Waals surface area (Å²) in [6, 6.07) is 9.33. The Labute approximate surface area is 235 Å². The highest BCUT2D eigenvalue weighted by Crippen LogP contribution is 2.31. The molecular weight excluding hydrogens is 558 g/mol. The summed E-state index contributed by atoms with van der Waals surface area (Å²) in [6.07, 6.45) is -6.79. The van der Waals surface area contributed by atoms with Gasteiger partial charge in [0.1, 0.15) is 11.9 Å². The highest BCUT2D eigenvalue weighted by atomic mass is 35.5. The van der Waals surface area contributed by atoms with Gasteiger partial charge in [0, 0.05) is 37.7 Å². The van der Waals surface area contributed by atoms with Crippen LogP contribution in [0.2, 0.25) is 10.0 Å². The number of carbonyl (C=O) groups excluding carboxylic acids is 2. The predicted octanol–water partition coefficient (Wildman–Crippen LogP) is 5.63. The van der Waals surface area contributed by atoms with E-state index >= 15 is 0 Å². The lowest BCUT2D eigenvalue weighted by Gasteiger charge is -2.38. The van der Waals surface area contributed by atoms with Crippen LogP contribution < -0.4 is 10.1 Å². The van der Waals surface area contributed by atoms with E-state index in [9.17, 15) is 27.9 Å². The maximum absolute atomic E-state index is 13.5. The quantitative estimate of drug-likeness (QED) is 0.396. The van der Waals surface area contributed by atoms with Crippen molar-refractivity contribution in [3.8, 4) is 5.75 Å². The number of alkyl halides is 3. The number of likely N-dealkylation sites (N-methyl/N-ethyl adjacent to an activating group) is 1. The minimum absolute atomic E-state index is 0.117. The second kappa shape index (κ2) is 13.2. The lowest BCUT2D eigenvalue weighted by Crippen LogP contribution is -2.49. The molecule has 0 spiro atoms. The van der Waals surface area contributed by atoms with Crippen LogP contribution in [0.5, 0.6) is 5.75 Å². The topological polar surface area (TPSA) is 82.1 Å². The zero-order valence-corrected chi connectivity index (χ0v) is 23.4. The molecule has 0 saturated heterocycles. The van der Waals surface area contributed by atoms with Crippen LogP contribution in [0.4, 0.5) is 18.9 Å². The molecule has 2 aromatic carbocycles. The minimum atomic E-state index is -4.45. The van der Waals surface area contributed by atoms with Crippen LogP contribution in [0, 0.1) is 5.92 Å². The van der Waals surface area contributed by atoms with Gasteiger partial charge in [-0.3, -0.25) is 14.5 Å². The first kappa shape index (κ1) is 31.0. The molecule has 3 rings (SSSR count). The molecular formula is C27H32Cl2F3N3O4. The van der Waals surface area contributed by atoms with Gasteiger partial charge >= 0.3 is 6.18 Å². The van der Waals surface area contributed by atoms with Crippen molar-refractivity contribution < 1.29 is 32.6 Å². The number of fused-ring (bicyclic) bond motifs is 1. The van der Waals surface area contributed by atoms with Crippen molar-refractivity contribution in [3.63, 3.8) is 0 Å². The van der Waals surface area contributed by atoms with Crippen molar-refractivity contribution in [3.05, 3.63) is 57.6 Å². The molecule has 39 heavy (non-hydrogen) atoms. The van der Waals surface area contributed by atoms with Gasteiger partial charge in [-0.05, 0) is 49.9 Å². The Morgan fingerprint density at radius 2 is 1.95 bits per heavy atom.